The van der Waals surface area contributed by atoms with Crippen LogP contribution in [-0.2, 0) is 19.4 Å². The van der Waals surface area contributed by atoms with Crippen molar-refractivity contribution in [2.45, 2.75) is 23.5 Å². The Kier molecular flexibility index (Phi) is 5.99. The van der Waals surface area contributed by atoms with E-state index in [0.29, 0.717) is 22.2 Å². The van der Waals surface area contributed by atoms with Crippen molar-refractivity contribution in [3.63, 3.8) is 0 Å². The maximum Gasteiger partial charge on any atom is 0.262 e. The molecule has 10 heteroatoms. The summed E-state index contributed by atoms with van der Waals surface area (Å²) in [5.41, 5.74) is 0.630. The van der Waals surface area contributed by atoms with Gasteiger partial charge in [-0.1, -0.05) is 11.6 Å². The van der Waals surface area contributed by atoms with Crippen LogP contribution >= 0.6 is 11.6 Å². The third-order valence-electron chi connectivity index (χ3n) is 4.35. The number of hydrogen-bond donors (Lipinski definition) is 2. The number of fused-ring (bicyclic) bond motifs is 1. The summed E-state index contributed by atoms with van der Waals surface area (Å²) < 4.78 is 36.2. The summed E-state index contributed by atoms with van der Waals surface area (Å²) in [6.45, 7) is 1.32. The Hall–Kier alpha value is -2.78. The molecule has 1 atom stereocenters. The zero-order chi connectivity index (χ0) is 21.2. The molecule has 0 spiro atoms. The number of amides is 2. The van der Waals surface area contributed by atoms with E-state index >= 15 is 0 Å². The Morgan fingerprint density at radius 3 is 2.79 bits per heavy atom. The average molecular weight is 439 g/mol. The molecule has 1 unspecified atom stereocenters. The van der Waals surface area contributed by atoms with E-state index < -0.39 is 21.0 Å². The smallest absolute Gasteiger partial charge is 0.262 e. The lowest BCUT2D eigenvalue weighted by molar-refractivity contribution is -0.118. The van der Waals surface area contributed by atoms with Crippen LogP contribution in [0.2, 0.25) is 5.02 Å². The van der Waals surface area contributed by atoms with Gasteiger partial charge in [-0.15, -0.1) is 0 Å². The van der Waals surface area contributed by atoms with Crippen LogP contribution in [0.5, 0.6) is 11.5 Å². The quantitative estimate of drug-likeness (QED) is 0.717. The Labute approximate surface area is 173 Å². The maximum atomic E-state index is 12.9. The molecule has 2 N–H and O–H groups in total. The Morgan fingerprint density at radius 1 is 1.31 bits per heavy atom. The van der Waals surface area contributed by atoms with E-state index in [2.05, 4.69) is 10.6 Å². The summed E-state index contributed by atoms with van der Waals surface area (Å²) in [7, 11) is -2.38. The summed E-state index contributed by atoms with van der Waals surface area (Å²) in [5, 5.41) is 4.59. The molecule has 0 fully saturated rings. The molecule has 0 radical (unpaired) electrons. The zero-order valence-electron chi connectivity index (χ0n) is 15.7. The second-order valence-corrected chi connectivity index (χ2v) is 9.25. The minimum atomic E-state index is -3.83. The minimum absolute atomic E-state index is 0.0114. The molecule has 0 saturated carbocycles. The van der Waals surface area contributed by atoms with E-state index in [0.717, 1.165) is 0 Å². The van der Waals surface area contributed by atoms with Crippen molar-refractivity contribution in [3.8, 4) is 11.5 Å². The summed E-state index contributed by atoms with van der Waals surface area (Å²) >= 11 is 5.94. The van der Waals surface area contributed by atoms with Crippen molar-refractivity contribution in [1.29, 1.82) is 0 Å². The van der Waals surface area contributed by atoms with Gasteiger partial charge in [-0.05, 0) is 43.3 Å². The SMILES string of the molecule is COc1ccc(Cl)cc1NC(=O)CC(C)S(=O)(=O)c1ccc2c(c1)NC(=O)CO2. The highest BCUT2D eigenvalue weighted by Crippen LogP contribution is 2.32. The Balaban J connectivity index is 1.75. The second-order valence-electron chi connectivity index (χ2n) is 6.45. The lowest BCUT2D eigenvalue weighted by Gasteiger charge is -2.19. The standard InChI is InChI=1S/C19H19ClN2O6S/c1-11(7-18(23)21-14-8-12(20)3-5-16(14)27-2)29(25,26)13-4-6-17-15(9-13)22-19(24)10-28-17/h3-6,8-9,11H,7,10H2,1-2H3,(H,21,23)(H,22,24). The van der Waals surface area contributed by atoms with Crippen molar-refractivity contribution >= 4 is 44.6 Å². The van der Waals surface area contributed by atoms with E-state index in [4.69, 9.17) is 21.1 Å². The van der Waals surface area contributed by atoms with Crippen LogP contribution in [0.1, 0.15) is 13.3 Å². The van der Waals surface area contributed by atoms with Gasteiger partial charge in [0.25, 0.3) is 5.91 Å². The van der Waals surface area contributed by atoms with Crippen molar-refractivity contribution in [3.05, 3.63) is 41.4 Å². The van der Waals surface area contributed by atoms with Crippen molar-refractivity contribution in [2.75, 3.05) is 24.4 Å². The molecule has 0 saturated heterocycles. The zero-order valence-corrected chi connectivity index (χ0v) is 17.3. The van der Waals surface area contributed by atoms with Gasteiger partial charge in [0.2, 0.25) is 5.91 Å². The number of rotatable bonds is 6. The first kappa shape index (κ1) is 20.9. The fourth-order valence-corrected chi connectivity index (χ4v) is 4.37. The summed E-state index contributed by atoms with van der Waals surface area (Å²) in [5.74, 6) is -0.0723. The number of hydrogen-bond acceptors (Lipinski definition) is 6. The number of anilines is 2. The van der Waals surface area contributed by atoms with Crippen molar-refractivity contribution < 1.29 is 27.5 Å². The van der Waals surface area contributed by atoms with Crippen LogP contribution in [-0.4, -0.2) is 39.2 Å². The third kappa shape index (κ3) is 4.63. The van der Waals surface area contributed by atoms with E-state index in [1.807, 2.05) is 0 Å². The Morgan fingerprint density at radius 2 is 2.07 bits per heavy atom. The highest BCUT2D eigenvalue weighted by Gasteiger charge is 2.28. The van der Waals surface area contributed by atoms with Crippen LogP contribution in [0.3, 0.4) is 0 Å². The number of halogens is 1. The van der Waals surface area contributed by atoms with Gasteiger partial charge >= 0.3 is 0 Å². The van der Waals surface area contributed by atoms with Gasteiger partial charge in [0.05, 0.1) is 28.6 Å². The van der Waals surface area contributed by atoms with Crippen LogP contribution in [0.25, 0.3) is 0 Å². The predicted octanol–water partition coefficient (Wildman–Crippen LogP) is 2.87. The first-order valence-corrected chi connectivity index (χ1v) is 10.6. The molecule has 29 heavy (non-hydrogen) atoms. The van der Waals surface area contributed by atoms with E-state index in [1.165, 1.54) is 38.3 Å². The number of methoxy groups -OCH3 is 1. The molecule has 1 aliphatic rings. The van der Waals surface area contributed by atoms with Crippen molar-refractivity contribution in [1.82, 2.24) is 0 Å². The lowest BCUT2D eigenvalue weighted by atomic mass is 10.2. The molecule has 1 heterocycles. The molecule has 2 aromatic carbocycles. The van der Waals surface area contributed by atoms with Crippen LogP contribution in [0, 0.1) is 0 Å². The number of ether oxygens (including phenoxy) is 2. The van der Waals surface area contributed by atoms with Gasteiger partial charge < -0.3 is 20.1 Å². The van der Waals surface area contributed by atoms with Crippen LogP contribution < -0.4 is 20.1 Å². The second kappa shape index (κ2) is 8.30. The largest absolute Gasteiger partial charge is 0.495 e. The lowest BCUT2D eigenvalue weighted by Crippen LogP contribution is -2.27. The molecule has 1 aliphatic heterocycles. The first-order chi connectivity index (χ1) is 13.7. The fraction of sp³-hybridized carbons (Fsp3) is 0.263. The Bertz CT molecular complexity index is 1070. The first-order valence-electron chi connectivity index (χ1n) is 8.64. The fourth-order valence-electron chi connectivity index (χ4n) is 2.82. The van der Waals surface area contributed by atoms with Gasteiger partial charge in [0.15, 0.2) is 16.4 Å². The highest BCUT2D eigenvalue weighted by atomic mass is 35.5. The normalized spacial score (nSPS) is 14.2. The van der Waals surface area contributed by atoms with Crippen LogP contribution in [0.15, 0.2) is 41.3 Å². The van der Waals surface area contributed by atoms with Crippen LogP contribution in [0.4, 0.5) is 11.4 Å². The molecular formula is C19H19ClN2O6S. The molecule has 2 amide bonds. The van der Waals surface area contributed by atoms with Gasteiger partial charge in [0.1, 0.15) is 11.5 Å². The summed E-state index contributed by atoms with van der Waals surface area (Å²) in [6, 6.07) is 8.92. The molecule has 0 aliphatic carbocycles. The predicted molar refractivity (Wildman–Crippen MR) is 108 cm³/mol. The van der Waals surface area contributed by atoms with E-state index in [-0.39, 0.29) is 29.5 Å². The monoisotopic (exact) mass is 438 g/mol. The molecule has 2 aromatic rings. The number of benzene rings is 2. The topological polar surface area (TPSA) is 111 Å². The van der Waals surface area contributed by atoms with E-state index in [9.17, 15) is 18.0 Å². The number of carbonyl (C=O) groups is 2. The molecule has 154 valence electrons. The van der Waals surface area contributed by atoms with E-state index in [1.54, 1.807) is 12.1 Å². The molecule has 3 rings (SSSR count). The summed E-state index contributed by atoms with van der Waals surface area (Å²) in [6.07, 6.45) is -0.280. The highest BCUT2D eigenvalue weighted by molar-refractivity contribution is 7.92. The summed E-state index contributed by atoms with van der Waals surface area (Å²) in [4.78, 5) is 23.9. The average Bonchev–Trinajstić information content (AvgIpc) is 2.67. The van der Waals surface area contributed by atoms with Gasteiger partial charge in [-0.3, -0.25) is 9.59 Å². The number of sulfone groups is 1. The molecule has 0 aromatic heterocycles. The van der Waals surface area contributed by atoms with Gasteiger partial charge in [0, 0.05) is 11.4 Å². The molecule has 8 nitrogen and oxygen atoms in total. The maximum absolute atomic E-state index is 12.9. The van der Waals surface area contributed by atoms with Crippen molar-refractivity contribution in [2.24, 2.45) is 0 Å². The molecule has 0 bridgehead atoms. The number of nitrogens with one attached hydrogen (secondary N) is 2. The van der Waals surface area contributed by atoms with Gasteiger partial charge in [-0.2, -0.15) is 0 Å². The third-order valence-corrected chi connectivity index (χ3v) is 6.72. The minimum Gasteiger partial charge on any atom is -0.495 e. The molecular weight excluding hydrogens is 420 g/mol. The number of carbonyl (C=O) groups excluding carboxylic acids is 2. The van der Waals surface area contributed by atoms with Gasteiger partial charge in [-0.25, -0.2) is 8.42 Å².